The third-order valence-electron chi connectivity index (χ3n) is 5.86. The number of nitrogen functional groups attached to an aromatic ring is 1. The van der Waals surface area contributed by atoms with E-state index in [0.29, 0.717) is 5.52 Å². The van der Waals surface area contributed by atoms with E-state index < -0.39 is 56.5 Å². The summed E-state index contributed by atoms with van der Waals surface area (Å²) in [7, 11) is -4.48. The molecule has 3 heterocycles. The maximum atomic E-state index is 13.5. The molecule has 4 rings (SSSR count). The summed E-state index contributed by atoms with van der Waals surface area (Å²) in [6.45, 7) is 3.50. The summed E-state index contributed by atoms with van der Waals surface area (Å²) in [5.74, 6) is -0.367. The molecule has 0 bridgehead atoms. The number of phosphoric ester groups is 1. The molecule has 1 unspecified atom stereocenters. The van der Waals surface area contributed by atoms with Crippen LogP contribution in [0.2, 0.25) is 0 Å². The largest absolute Gasteiger partial charge is 0.533 e. The summed E-state index contributed by atoms with van der Waals surface area (Å²) in [6.07, 6.45) is -3.61. The maximum Gasteiger partial charge on any atom is 0.533 e. The first-order chi connectivity index (χ1) is 18.4. The zero-order valence-electron chi connectivity index (χ0n) is 21.3. The van der Waals surface area contributed by atoms with Crippen LogP contribution in [0.15, 0.2) is 48.8 Å². The number of nitrogens with two attached hydrogens (primary N) is 1. The highest BCUT2D eigenvalue weighted by molar-refractivity contribution is 7.48. The molecule has 4 N–H and O–H groups in total. The van der Waals surface area contributed by atoms with E-state index >= 15 is 0 Å². The molecule has 208 valence electrons. The predicted octanol–water partition coefficient (Wildman–Crippen LogP) is 1.92. The van der Waals surface area contributed by atoms with Crippen LogP contribution in [0, 0.1) is 16.7 Å². The van der Waals surface area contributed by atoms with Crippen molar-refractivity contribution in [3.63, 3.8) is 0 Å². The molecule has 0 spiro atoms. The Morgan fingerprint density at radius 1 is 1.23 bits per heavy atom. The van der Waals surface area contributed by atoms with Gasteiger partial charge < -0.3 is 29.9 Å². The number of nitrogens with zero attached hydrogens (tertiary/aromatic N) is 4. The van der Waals surface area contributed by atoms with Gasteiger partial charge in [-0.05, 0) is 45.0 Å². The van der Waals surface area contributed by atoms with Gasteiger partial charge in [-0.25, -0.2) is 18.6 Å². The Balaban J connectivity index is 1.54. The van der Waals surface area contributed by atoms with Gasteiger partial charge in [-0.15, -0.1) is 0 Å². The van der Waals surface area contributed by atoms with E-state index in [1.54, 1.807) is 39.0 Å². The zero-order chi connectivity index (χ0) is 28.4. The smallest absolute Gasteiger partial charge is 0.437 e. The van der Waals surface area contributed by atoms with Crippen LogP contribution in [0.4, 0.5) is 5.82 Å². The number of carbonyl (C=O) groups excluding carboxylic acids is 1. The number of fused-ring (bicyclic) bond motifs is 1. The number of anilines is 1. The molecular weight excluding hydrogens is 533 g/mol. The minimum atomic E-state index is -4.48. The lowest BCUT2D eigenvalue weighted by molar-refractivity contribution is -0.160. The summed E-state index contributed by atoms with van der Waals surface area (Å²) < 4.78 is 41.6. The lowest BCUT2D eigenvalue weighted by Gasteiger charge is -2.24. The number of rotatable bonds is 9. The van der Waals surface area contributed by atoms with Gasteiger partial charge in [0.25, 0.3) is 0 Å². The minimum absolute atomic E-state index is 0.0808. The van der Waals surface area contributed by atoms with Crippen molar-refractivity contribution in [2.75, 3.05) is 19.1 Å². The summed E-state index contributed by atoms with van der Waals surface area (Å²) >= 11 is 0. The molecule has 2 aromatic heterocycles. The Morgan fingerprint density at radius 2 is 1.95 bits per heavy atom. The lowest BCUT2D eigenvalue weighted by Crippen LogP contribution is -2.41. The molecule has 1 saturated heterocycles. The third kappa shape index (κ3) is 5.74. The van der Waals surface area contributed by atoms with Crippen LogP contribution in [0.1, 0.15) is 26.5 Å². The first kappa shape index (κ1) is 28.4. The Kier molecular flexibility index (Phi) is 7.94. The van der Waals surface area contributed by atoms with Gasteiger partial charge in [0.05, 0.1) is 17.7 Å². The highest BCUT2D eigenvalue weighted by Crippen LogP contribution is 2.51. The molecule has 5 atom stereocenters. The molecule has 15 heteroatoms. The topological polar surface area (TPSA) is 201 Å². The van der Waals surface area contributed by atoms with Crippen LogP contribution < -0.4 is 10.3 Å². The number of ether oxygens (including phenoxy) is 2. The number of aliphatic hydroxyl groups is 2. The van der Waals surface area contributed by atoms with Crippen LogP contribution in [0.5, 0.6) is 5.75 Å². The summed E-state index contributed by atoms with van der Waals surface area (Å²) in [6, 6.07) is 12.8. The Labute approximate surface area is 223 Å². The summed E-state index contributed by atoms with van der Waals surface area (Å²) in [5.41, 5.74) is 3.37. The number of hydrogen-bond donors (Lipinski definition) is 3. The molecule has 1 aliphatic rings. The first-order valence-corrected chi connectivity index (χ1v) is 13.2. The van der Waals surface area contributed by atoms with E-state index in [1.165, 1.54) is 28.8 Å². The highest BCUT2D eigenvalue weighted by atomic mass is 31.2. The van der Waals surface area contributed by atoms with Crippen molar-refractivity contribution in [2.24, 2.45) is 5.41 Å². The van der Waals surface area contributed by atoms with Crippen molar-refractivity contribution in [1.82, 2.24) is 14.6 Å². The number of aliphatic hydroxyl groups excluding tert-OH is 2. The molecule has 3 aromatic rings. The molecule has 39 heavy (non-hydrogen) atoms. The van der Waals surface area contributed by atoms with Crippen LogP contribution in [-0.4, -0.2) is 62.5 Å². The molecule has 1 aromatic carbocycles. The number of para-hydroxylation sites is 1. The Bertz CT molecular complexity index is 1420. The van der Waals surface area contributed by atoms with Gasteiger partial charge in [-0.2, -0.15) is 10.4 Å². The monoisotopic (exact) mass is 561 g/mol. The van der Waals surface area contributed by atoms with Gasteiger partial charge in [-0.1, -0.05) is 18.2 Å². The highest BCUT2D eigenvalue weighted by Gasteiger charge is 2.58. The minimum Gasteiger partial charge on any atom is -0.437 e. The standard InChI is InChI=1S/C24H28N5O9P/c1-23(2,3)22(32)34-14-36-39(33,38-15-7-5-4-6-8-15)35-11-17-19(30)20(31)24(12-25,37-17)18-10-9-16-21(26)27-13-28-29(16)18/h4-10,13,17,19-20,30-31H,11,14H2,1-3H3,(H2,26,27,28)/t17-,19-,20-,24+,39?/m1/s1. The molecule has 0 saturated carbocycles. The van der Waals surface area contributed by atoms with E-state index in [4.69, 9.17) is 28.8 Å². The quantitative estimate of drug-likeness (QED) is 0.194. The van der Waals surface area contributed by atoms with E-state index in [2.05, 4.69) is 10.1 Å². The fraction of sp³-hybridized carbons (Fsp3) is 0.417. The summed E-state index contributed by atoms with van der Waals surface area (Å²) in [4.78, 5) is 16.0. The van der Waals surface area contributed by atoms with Crippen molar-refractivity contribution in [2.45, 2.75) is 44.7 Å². The molecular formula is C24H28N5O9P. The van der Waals surface area contributed by atoms with E-state index in [0.717, 1.165) is 6.33 Å². The van der Waals surface area contributed by atoms with E-state index in [9.17, 15) is 24.8 Å². The molecule has 1 aliphatic heterocycles. The van der Waals surface area contributed by atoms with Gasteiger partial charge >= 0.3 is 13.8 Å². The fourth-order valence-corrected chi connectivity index (χ4v) is 4.85. The van der Waals surface area contributed by atoms with Gasteiger partial charge in [0.2, 0.25) is 12.4 Å². The molecule has 0 radical (unpaired) electrons. The number of nitriles is 1. The van der Waals surface area contributed by atoms with Crippen molar-refractivity contribution >= 4 is 25.1 Å². The van der Waals surface area contributed by atoms with Crippen LogP contribution in [0.25, 0.3) is 5.52 Å². The SMILES string of the molecule is CC(C)(C)C(=O)OCOP(=O)(OC[C@H]1O[C@@](C#N)(c2ccc3c(N)ncnn23)[C@H](O)[C@@H]1O)Oc1ccccc1. The Morgan fingerprint density at radius 3 is 2.62 bits per heavy atom. The molecule has 0 amide bonds. The first-order valence-electron chi connectivity index (χ1n) is 11.7. The lowest BCUT2D eigenvalue weighted by atomic mass is 9.92. The average molecular weight is 561 g/mol. The van der Waals surface area contributed by atoms with Crippen molar-refractivity contribution in [1.29, 1.82) is 5.26 Å². The molecule has 0 aliphatic carbocycles. The number of benzene rings is 1. The normalized spacial score (nSPS) is 24.7. The van der Waals surface area contributed by atoms with Gasteiger partial charge in [0.15, 0.2) is 5.82 Å². The zero-order valence-corrected chi connectivity index (χ0v) is 22.2. The van der Waals surface area contributed by atoms with Gasteiger partial charge in [0, 0.05) is 0 Å². The second-order valence-corrected chi connectivity index (χ2v) is 11.3. The number of hydrogen-bond acceptors (Lipinski definition) is 13. The number of carbonyl (C=O) groups is 1. The van der Waals surface area contributed by atoms with Crippen molar-refractivity contribution in [3.8, 4) is 11.8 Å². The van der Waals surface area contributed by atoms with E-state index in [-0.39, 0.29) is 17.3 Å². The average Bonchev–Trinajstić information content (AvgIpc) is 3.44. The number of aromatic nitrogens is 3. The number of esters is 1. The molecule has 14 nitrogen and oxygen atoms in total. The Hall–Kier alpha value is -3.57. The van der Waals surface area contributed by atoms with Gasteiger partial charge in [0.1, 0.15) is 42.0 Å². The molecule has 1 fully saturated rings. The van der Waals surface area contributed by atoms with Crippen molar-refractivity contribution in [3.05, 3.63) is 54.5 Å². The predicted molar refractivity (Wildman–Crippen MR) is 134 cm³/mol. The maximum absolute atomic E-state index is 13.5. The van der Waals surface area contributed by atoms with Crippen LogP contribution in [0.3, 0.4) is 0 Å². The second kappa shape index (κ2) is 10.9. The van der Waals surface area contributed by atoms with Crippen LogP contribution in [-0.2, 0) is 33.5 Å². The third-order valence-corrected chi connectivity index (χ3v) is 7.18. The number of phosphoric acid groups is 1. The fourth-order valence-electron chi connectivity index (χ4n) is 3.78. The summed E-state index contributed by atoms with van der Waals surface area (Å²) in [5, 5.41) is 35.8. The van der Waals surface area contributed by atoms with E-state index in [1.807, 2.05) is 6.07 Å². The van der Waals surface area contributed by atoms with Crippen molar-refractivity contribution < 1.29 is 42.6 Å². The second-order valence-electron chi connectivity index (χ2n) is 9.68. The van der Waals surface area contributed by atoms with Gasteiger partial charge in [-0.3, -0.25) is 9.32 Å². The van der Waals surface area contributed by atoms with Crippen LogP contribution >= 0.6 is 7.82 Å².